The van der Waals surface area contributed by atoms with Crippen LogP contribution in [-0.4, -0.2) is 22.0 Å². The summed E-state index contributed by atoms with van der Waals surface area (Å²) in [4.78, 5) is 26.6. The molecule has 0 aliphatic rings. The summed E-state index contributed by atoms with van der Waals surface area (Å²) >= 11 is 4.22. The molecule has 2 heterocycles. The first kappa shape index (κ1) is 12.7. The maximum atomic E-state index is 11.8. The fraction of sp³-hybridized carbons (Fsp3) is 0. The van der Waals surface area contributed by atoms with Gasteiger partial charge in [0.15, 0.2) is 0 Å². The molecule has 92 valence electrons. The first-order valence-electron chi connectivity index (χ1n) is 4.82. The number of nitrogens with one attached hydrogen (secondary N) is 1. The Morgan fingerprint density at radius 3 is 2.61 bits per heavy atom. The van der Waals surface area contributed by atoms with Gasteiger partial charge in [0.2, 0.25) is 0 Å². The Kier molecular flexibility index (Phi) is 3.73. The molecule has 2 N–H and O–H groups in total. The van der Waals surface area contributed by atoms with Crippen LogP contribution < -0.4 is 5.32 Å². The highest BCUT2D eigenvalue weighted by Crippen LogP contribution is 2.22. The molecular weight excluding hydrogens is 320 g/mol. The lowest BCUT2D eigenvalue weighted by atomic mass is 10.3. The van der Waals surface area contributed by atoms with Crippen LogP contribution in [0, 0.1) is 0 Å². The number of aromatic carboxylic acids is 1. The molecule has 0 bridgehead atoms. The Morgan fingerprint density at radius 2 is 2.06 bits per heavy atom. The summed E-state index contributed by atoms with van der Waals surface area (Å²) < 4.78 is 0.781. The number of carboxylic acid groups (broad SMARTS) is 1. The van der Waals surface area contributed by atoms with Crippen molar-refractivity contribution in [1.82, 2.24) is 4.98 Å². The van der Waals surface area contributed by atoms with E-state index in [4.69, 9.17) is 5.11 Å². The standard InChI is InChI=1S/C11H7BrN2O3S/c12-6-1-2-7(13-5-6)10(15)14-9-4-3-8(18-9)11(16)17/h1-5H,(H,14,15)(H,16,17). The highest BCUT2D eigenvalue weighted by atomic mass is 79.9. The number of pyridine rings is 1. The molecule has 0 spiro atoms. The molecule has 1 amide bonds. The first-order chi connectivity index (χ1) is 8.56. The lowest BCUT2D eigenvalue weighted by Gasteiger charge is -2.01. The van der Waals surface area contributed by atoms with E-state index in [1.54, 1.807) is 18.2 Å². The predicted octanol–water partition coefficient (Wildman–Crippen LogP) is 2.86. The first-order valence-corrected chi connectivity index (χ1v) is 6.43. The smallest absolute Gasteiger partial charge is 0.345 e. The van der Waals surface area contributed by atoms with Crippen LogP contribution in [0.15, 0.2) is 34.9 Å². The predicted molar refractivity (Wildman–Crippen MR) is 71.2 cm³/mol. The van der Waals surface area contributed by atoms with Gasteiger partial charge in [0, 0.05) is 10.7 Å². The number of rotatable bonds is 3. The molecule has 7 heteroatoms. The van der Waals surface area contributed by atoms with Gasteiger partial charge in [0.05, 0.1) is 5.00 Å². The SMILES string of the molecule is O=C(Nc1ccc(C(=O)O)s1)c1ccc(Br)cn1. The number of carboxylic acids is 1. The van der Waals surface area contributed by atoms with Gasteiger partial charge in [-0.25, -0.2) is 9.78 Å². The highest BCUT2D eigenvalue weighted by Gasteiger charge is 2.11. The van der Waals surface area contributed by atoms with Gasteiger partial charge in [-0.3, -0.25) is 4.79 Å². The molecule has 0 aromatic carbocycles. The van der Waals surface area contributed by atoms with E-state index in [1.807, 2.05) is 0 Å². The number of halogens is 1. The summed E-state index contributed by atoms with van der Waals surface area (Å²) in [5.41, 5.74) is 0.267. The second-order valence-corrected chi connectivity index (χ2v) is 5.28. The molecule has 18 heavy (non-hydrogen) atoms. The van der Waals surface area contributed by atoms with Crippen LogP contribution in [0.3, 0.4) is 0 Å². The normalized spacial score (nSPS) is 10.1. The molecule has 0 aliphatic carbocycles. The van der Waals surface area contributed by atoms with E-state index in [2.05, 4.69) is 26.2 Å². The summed E-state index contributed by atoms with van der Waals surface area (Å²) in [5, 5.41) is 11.8. The van der Waals surface area contributed by atoms with Crippen LogP contribution in [-0.2, 0) is 0 Å². The third-order valence-corrected chi connectivity index (χ3v) is 3.47. The van der Waals surface area contributed by atoms with Gasteiger partial charge in [0.1, 0.15) is 10.6 Å². The van der Waals surface area contributed by atoms with Crippen LogP contribution in [0.5, 0.6) is 0 Å². The molecule has 0 saturated carbocycles. The molecule has 0 aliphatic heterocycles. The number of thiophene rings is 1. The van der Waals surface area contributed by atoms with Crippen LogP contribution in [0.2, 0.25) is 0 Å². The van der Waals surface area contributed by atoms with E-state index in [-0.39, 0.29) is 16.5 Å². The third kappa shape index (κ3) is 2.93. The topological polar surface area (TPSA) is 79.3 Å². The van der Waals surface area contributed by atoms with Gasteiger partial charge in [-0.1, -0.05) is 0 Å². The number of nitrogens with zero attached hydrogens (tertiary/aromatic N) is 1. The maximum Gasteiger partial charge on any atom is 0.345 e. The maximum absolute atomic E-state index is 11.8. The Morgan fingerprint density at radius 1 is 1.28 bits per heavy atom. The number of aromatic nitrogens is 1. The second kappa shape index (κ2) is 5.28. The lowest BCUT2D eigenvalue weighted by molar-refractivity contribution is 0.0702. The van der Waals surface area contributed by atoms with Gasteiger partial charge in [-0.05, 0) is 40.2 Å². The molecule has 0 radical (unpaired) electrons. The molecule has 0 unspecified atom stereocenters. The number of carbonyl (C=O) groups excluding carboxylic acids is 1. The summed E-state index contributed by atoms with van der Waals surface area (Å²) in [6.45, 7) is 0. The molecular formula is C11H7BrN2O3S. The zero-order valence-corrected chi connectivity index (χ0v) is 11.3. The van der Waals surface area contributed by atoms with Gasteiger partial charge < -0.3 is 10.4 Å². The minimum Gasteiger partial charge on any atom is -0.477 e. The number of amides is 1. The largest absolute Gasteiger partial charge is 0.477 e. The summed E-state index contributed by atoms with van der Waals surface area (Å²) in [5.74, 6) is -1.39. The lowest BCUT2D eigenvalue weighted by Crippen LogP contribution is -2.12. The molecule has 2 aromatic rings. The Bertz CT molecular complexity index is 595. The Balaban J connectivity index is 2.11. The van der Waals surface area contributed by atoms with Crippen LogP contribution in [0.1, 0.15) is 20.2 Å². The van der Waals surface area contributed by atoms with Crippen molar-refractivity contribution in [2.75, 3.05) is 5.32 Å². The van der Waals surface area contributed by atoms with E-state index < -0.39 is 5.97 Å². The molecule has 5 nitrogen and oxygen atoms in total. The Hall–Kier alpha value is -1.73. The molecule has 2 aromatic heterocycles. The van der Waals surface area contributed by atoms with E-state index >= 15 is 0 Å². The van der Waals surface area contributed by atoms with Gasteiger partial charge in [-0.2, -0.15) is 0 Å². The Labute approximate surface area is 115 Å². The molecule has 2 rings (SSSR count). The number of hydrogen-bond acceptors (Lipinski definition) is 4. The molecule has 0 saturated heterocycles. The number of anilines is 1. The van der Waals surface area contributed by atoms with E-state index in [0.717, 1.165) is 15.8 Å². The summed E-state index contributed by atoms with van der Waals surface area (Å²) in [6.07, 6.45) is 1.52. The zero-order chi connectivity index (χ0) is 13.1. The van der Waals surface area contributed by atoms with Gasteiger partial charge in [-0.15, -0.1) is 11.3 Å². The van der Waals surface area contributed by atoms with Gasteiger partial charge in [0.25, 0.3) is 5.91 Å². The van der Waals surface area contributed by atoms with Crippen molar-refractivity contribution in [2.24, 2.45) is 0 Å². The van der Waals surface area contributed by atoms with Crippen molar-refractivity contribution in [3.63, 3.8) is 0 Å². The average molecular weight is 327 g/mol. The van der Waals surface area contributed by atoms with Crippen molar-refractivity contribution in [2.45, 2.75) is 0 Å². The van der Waals surface area contributed by atoms with E-state index in [1.165, 1.54) is 12.3 Å². The monoisotopic (exact) mass is 326 g/mol. The van der Waals surface area contributed by atoms with Crippen molar-refractivity contribution in [3.8, 4) is 0 Å². The minimum absolute atomic E-state index is 0.175. The average Bonchev–Trinajstić information content (AvgIpc) is 2.78. The van der Waals surface area contributed by atoms with Crippen LogP contribution >= 0.6 is 27.3 Å². The van der Waals surface area contributed by atoms with Crippen molar-refractivity contribution < 1.29 is 14.7 Å². The fourth-order valence-corrected chi connectivity index (χ4v) is 2.18. The third-order valence-electron chi connectivity index (χ3n) is 2.01. The molecule has 0 fully saturated rings. The van der Waals surface area contributed by atoms with Crippen molar-refractivity contribution >= 4 is 44.1 Å². The number of carbonyl (C=O) groups is 2. The summed E-state index contributed by atoms with van der Waals surface area (Å²) in [6, 6.07) is 6.27. The quantitative estimate of drug-likeness (QED) is 0.908. The minimum atomic E-state index is -1.01. The van der Waals surface area contributed by atoms with Crippen LogP contribution in [0.25, 0.3) is 0 Å². The number of hydrogen-bond donors (Lipinski definition) is 2. The second-order valence-electron chi connectivity index (χ2n) is 3.28. The van der Waals surface area contributed by atoms with Gasteiger partial charge >= 0.3 is 5.97 Å². The van der Waals surface area contributed by atoms with Crippen LogP contribution in [0.4, 0.5) is 5.00 Å². The fourth-order valence-electron chi connectivity index (χ4n) is 1.21. The van der Waals surface area contributed by atoms with Crippen molar-refractivity contribution in [1.29, 1.82) is 0 Å². The van der Waals surface area contributed by atoms with Crippen molar-refractivity contribution in [3.05, 3.63) is 45.5 Å². The zero-order valence-electron chi connectivity index (χ0n) is 8.88. The van der Waals surface area contributed by atoms with E-state index in [0.29, 0.717) is 5.00 Å². The van der Waals surface area contributed by atoms with E-state index in [9.17, 15) is 9.59 Å². The highest BCUT2D eigenvalue weighted by molar-refractivity contribution is 9.10. The summed E-state index contributed by atoms with van der Waals surface area (Å²) in [7, 11) is 0. The molecule has 0 atom stereocenters.